The van der Waals surface area contributed by atoms with Gasteiger partial charge in [-0.3, -0.25) is 4.57 Å². The molecule has 0 bridgehead atoms. The van der Waals surface area contributed by atoms with Gasteiger partial charge in [0.05, 0.1) is 5.52 Å². The first-order valence-corrected chi connectivity index (χ1v) is 13.9. The zero-order valence-corrected chi connectivity index (χ0v) is 21.6. The Balaban J connectivity index is 1.32. The van der Waals surface area contributed by atoms with E-state index in [-0.39, 0.29) is 0 Å². The maximum absolute atomic E-state index is 6.21. The molecule has 0 aliphatic carbocycles. The highest BCUT2D eigenvalue weighted by molar-refractivity contribution is 7.26. The molecule has 9 rings (SSSR count). The van der Waals surface area contributed by atoms with Crippen LogP contribution >= 0.6 is 11.3 Å². The van der Waals surface area contributed by atoms with Crippen LogP contribution in [0.2, 0.25) is 0 Å². The van der Waals surface area contributed by atoms with Crippen molar-refractivity contribution in [1.29, 1.82) is 0 Å². The lowest BCUT2D eigenvalue weighted by molar-refractivity contribution is 0.669. The van der Waals surface area contributed by atoms with Gasteiger partial charge in [-0.05, 0) is 54.1 Å². The van der Waals surface area contributed by atoms with Crippen LogP contribution < -0.4 is 0 Å². The van der Waals surface area contributed by atoms with Crippen LogP contribution in [0.3, 0.4) is 0 Å². The smallest absolute Gasteiger partial charge is 0.145 e. The Morgan fingerprint density at radius 2 is 1.36 bits per heavy atom. The van der Waals surface area contributed by atoms with Crippen LogP contribution in [0, 0.1) is 0 Å². The summed E-state index contributed by atoms with van der Waals surface area (Å²) in [5.74, 6) is 0. The summed E-state index contributed by atoms with van der Waals surface area (Å²) in [7, 11) is 0. The largest absolute Gasteiger partial charge is 0.456 e. The average molecular weight is 517 g/mol. The van der Waals surface area contributed by atoms with Crippen molar-refractivity contribution >= 4 is 75.4 Å². The third kappa shape index (κ3) is 2.89. The molecule has 0 saturated carbocycles. The Morgan fingerprint density at radius 3 is 2.33 bits per heavy atom. The van der Waals surface area contributed by atoms with Crippen molar-refractivity contribution in [2.75, 3.05) is 0 Å². The van der Waals surface area contributed by atoms with Crippen molar-refractivity contribution < 1.29 is 4.42 Å². The van der Waals surface area contributed by atoms with E-state index in [1.165, 1.54) is 53.0 Å². The summed E-state index contributed by atoms with van der Waals surface area (Å²) in [6.45, 7) is 0. The molecule has 0 aliphatic rings. The maximum atomic E-state index is 6.21. The maximum Gasteiger partial charge on any atom is 0.145 e. The minimum atomic E-state index is 0.924. The van der Waals surface area contributed by atoms with Gasteiger partial charge in [-0.1, -0.05) is 66.7 Å². The Hall–Kier alpha value is -4.93. The zero-order chi connectivity index (χ0) is 25.5. The molecule has 0 spiro atoms. The van der Waals surface area contributed by atoms with E-state index in [1.807, 2.05) is 35.7 Å². The summed E-state index contributed by atoms with van der Waals surface area (Å²) in [6, 6.07) is 40.9. The lowest BCUT2D eigenvalue weighted by Gasteiger charge is -2.08. The van der Waals surface area contributed by atoms with Crippen molar-refractivity contribution in [3.63, 3.8) is 0 Å². The number of furan rings is 1. The monoisotopic (exact) mass is 516 g/mol. The summed E-state index contributed by atoms with van der Waals surface area (Å²) >= 11 is 1.86. The summed E-state index contributed by atoms with van der Waals surface area (Å²) in [5.41, 5.74) is 7.58. The highest BCUT2D eigenvalue weighted by Gasteiger charge is 2.18. The number of nitrogens with zero attached hydrogens (tertiary/aromatic N) is 2. The molecule has 5 aromatic carbocycles. The third-order valence-electron chi connectivity index (χ3n) is 7.86. The van der Waals surface area contributed by atoms with Gasteiger partial charge in [-0.25, -0.2) is 4.98 Å². The SMILES string of the molecule is c1ccc2c(c1)oc1cccc(-c3cccc4c3sc3ccc(-n5c6ccccc6c6cccnc65)cc34)c12. The molecule has 4 heterocycles. The second-order valence-electron chi connectivity index (χ2n) is 9.97. The van der Waals surface area contributed by atoms with E-state index < -0.39 is 0 Å². The molecular formula is C35H20N2OS. The number of hydrogen-bond acceptors (Lipinski definition) is 3. The summed E-state index contributed by atoms with van der Waals surface area (Å²) < 4.78 is 11.1. The quantitative estimate of drug-likeness (QED) is 0.229. The lowest BCUT2D eigenvalue weighted by Crippen LogP contribution is -1.94. The van der Waals surface area contributed by atoms with Gasteiger partial charge in [0, 0.05) is 59.2 Å². The van der Waals surface area contributed by atoms with Crippen molar-refractivity contribution in [2.24, 2.45) is 0 Å². The molecule has 0 radical (unpaired) electrons. The van der Waals surface area contributed by atoms with Gasteiger partial charge in [0.2, 0.25) is 0 Å². The van der Waals surface area contributed by atoms with Gasteiger partial charge in [-0.2, -0.15) is 0 Å². The fourth-order valence-corrected chi connectivity index (χ4v) is 7.40. The molecule has 0 fully saturated rings. The number of hydrogen-bond donors (Lipinski definition) is 0. The van der Waals surface area contributed by atoms with Crippen molar-refractivity contribution in [2.45, 2.75) is 0 Å². The second-order valence-corrected chi connectivity index (χ2v) is 11.0. The molecule has 0 aliphatic heterocycles. The first-order chi connectivity index (χ1) is 19.3. The topological polar surface area (TPSA) is 31.0 Å². The van der Waals surface area contributed by atoms with E-state index in [1.54, 1.807) is 0 Å². The molecule has 0 amide bonds. The summed E-state index contributed by atoms with van der Waals surface area (Å²) in [6.07, 6.45) is 1.88. The molecule has 4 aromatic heterocycles. The highest BCUT2D eigenvalue weighted by atomic mass is 32.1. The average Bonchev–Trinajstić information content (AvgIpc) is 3.66. The van der Waals surface area contributed by atoms with Crippen LogP contribution in [-0.2, 0) is 0 Å². The number of aromatic nitrogens is 2. The number of thiophene rings is 1. The van der Waals surface area contributed by atoms with E-state index in [2.05, 4.69) is 102 Å². The van der Waals surface area contributed by atoms with Crippen LogP contribution in [0.15, 0.2) is 126 Å². The lowest BCUT2D eigenvalue weighted by atomic mass is 9.98. The Labute approximate surface area is 227 Å². The Morgan fingerprint density at radius 1 is 0.590 bits per heavy atom. The molecule has 182 valence electrons. The standard InChI is InChI=1S/C35H20N2OS/c1-3-14-29-22(8-1)26-13-7-19-36-35(26)37(29)21-17-18-32-28(20-21)25-12-5-11-24(34(25)39-32)23-10-6-16-31-33(23)27-9-2-4-15-30(27)38-31/h1-20H. The van der Waals surface area contributed by atoms with Crippen LogP contribution in [0.1, 0.15) is 0 Å². The van der Waals surface area contributed by atoms with E-state index in [0.717, 1.165) is 27.9 Å². The predicted molar refractivity (Wildman–Crippen MR) is 164 cm³/mol. The molecule has 0 unspecified atom stereocenters. The molecule has 0 atom stereocenters. The molecule has 3 nitrogen and oxygen atoms in total. The van der Waals surface area contributed by atoms with Gasteiger partial charge >= 0.3 is 0 Å². The van der Waals surface area contributed by atoms with E-state index in [9.17, 15) is 0 Å². The van der Waals surface area contributed by atoms with E-state index >= 15 is 0 Å². The first kappa shape index (κ1) is 21.1. The Bertz CT molecular complexity index is 2350. The molecule has 9 aromatic rings. The van der Waals surface area contributed by atoms with Gasteiger partial charge in [0.25, 0.3) is 0 Å². The summed E-state index contributed by atoms with van der Waals surface area (Å²) in [5, 5.41) is 7.26. The predicted octanol–water partition coefficient (Wildman–Crippen LogP) is 10.1. The molecule has 4 heteroatoms. The summed E-state index contributed by atoms with van der Waals surface area (Å²) in [4.78, 5) is 4.78. The number of fused-ring (bicyclic) bond motifs is 9. The van der Waals surface area contributed by atoms with E-state index in [0.29, 0.717) is 0 Å². The first-order valence-electron chi connectivity index (χ1n) is 13.1. The van der Waals surface area contributed by atoms with Gasteiger partial charge < -0.3 is 4.42 Å². The van der Waals surface area contributed by atoms with Gasteiger partial charge in [0.15, 0.2) is 0 Å². The normalized spacial score (nSPS) is 12.1. The number of benzene rings is 5. The van der Waals surface area contributed by atoms with Crippen molar-refractivity contribution in [1.82, 2.24) is 9.55 Å². The third-order valence-corrected chi connectivity index (χ3v) is 9.08. The minimum Gasteiger partial charge on any atom is -0.456 e. The van der Waals surface area contributed by atoms with E-state index in [4.69, 9.17) is 9.40 Å². The van der Waals surface area contributed by atoms with Crippen LogP contribution in [0.4, 0.5) is 0 Å². The van der Waals surface area contributed by atoms with Gasteiger partial charge in [0.1, 0.15) is 16.8 Å². The van der Waals surface area contributed by atoms with Crippen molar-refractivity contribution in [3.05, 3.63) is 121 Å². The zero-order valence-electron chi connectivity index (χ0n) is 20.8. The van der Waals surface area contributed by atoms with Crippen LogP contribution in [0.25, 0.3) is 80.9 Å². The van der Waals surface area contributed by atoms with Crippen LogP contribution in [-0.4, -0.2) is 9.55 Å². The van der Waals surface area contributed by atoms with Crippen molar-refractivity contribution in [3.8, 4) is 16.8 Å². The molecule has 0 N–H and O–H groups in total. The molecular weight excluding hydrogens is 496 g/mol. The number of pyridine rings is 1. The van der Waals surface area contributed by atoms with Crippen LogP contribution in [0.5, 0.6) is 0 Å². The highest BCUT2D eigenvalue weighted by Crippen LogP contribution is 2.44. The second kappa shape index (κ2) is 7.79. The fourth-order valence-electron chi connectivity index (χ4n) is 6.19. The Kier molecular flexibility index (Phi) is 4.21. The molecule has 39 heavy (non-hydrogen) atoms. The van der Waals surface area contributed by atoms with Gasteiger partial charge in [-0.15, -0.1) is 11.3 Å². The molecule has 0 saturated heterocycles. The minimum absolute atomic E-state index is 0.924. The number of para-hydroxylation sites is 2. The fraction of sp³-hybridized carbons (Fsp3) is 0. The number of rotatable bonds is 2.